The quantitative estimate of drug-likeness (QED) is 0.532. The molecule has 0 amide bonds. The van der Waals surface area contributed by atoms with Gasteiger partial charge in [0.2, 0.25) is 0 Å². The molecule has 0 spiro atoms. The molecule has 0 aliphatic carbocycles. The summed E-state index contributed by atoms with van der Waals surface area (Å²) >= 11 is 0. The number of aliphatic hydroxyl groups excluding tert-OH is 1. The molecule has 150 valence electrons. The molecular weight excluding hydrogens is 348 g/mol. The van der Waals surface area contributed by atoms with Gasteiger partial charge in [-0.2, -0.15) is 0 Å². The smallest absolute Gasteiger partial charge is 0.191 e. The van der Waals surface area contributed by atoms with Crippen molar-refractivity contribution >= 4 is 11.6 Å². The monoisotopic (exact) mass is 380 g/mol. The van der Waals surface area contributed by atoms with Gasteiger partial charge in [-0.05, 0) is 49.9 Å². The van der Waals surface area contributed by atoms with E-state index in [4.69, 9.17) is 4.99 Å². The van der Waals surface area contributed by atoms with Crippen LogP contribution in [-0.4, -0.2) is 36.7 Å². The molecule has 1 unspecified atom stereocenters. The lowest BCUT2D eigenvalue weighted by Gasteiger charge is -2.35. The number of guanidine groups is 1. The highest BCUT2D eigenvalue weighted by atomic mass is 16.3. The highest BCUT2D eigenvalue weighted by molar-refractivity contribution is 5.80. The van der Waals surface area contributed by atoms with Crippen molar-refractivity contribution in [3.8, 4) is 0 Å². The predicted molar refractivity (Wildman–Crippen MR) is 117 cm³/mol. The molecule has 0 saturated carbocycles. The summed E-state index contributed by atoms with van der Waals surface area (Å²) in [5.41, 5.74) is 4.58. The van der Waals surface area contributed by atoms with Crippen LogP contribution < -0.4 is 15.5 Å². The average Bonchev–Trinajstić information content (AvgIpc) is 2.73. The minimum Gasteiger partial charge on any atom is -0.392 e. The average molecular weight is 381 g/mol. The minimum absolute atomic E-state index is 0.0454. The number of aliphatic imine (C=N–C) groups is 1. The van der Waals surface area contributed by atoms with Crippen molar-refractivity contribution in [3.05, 3.63) is 65.2 Å². The number of benzene rings is 2. The van der Waals surface area contributed by atoms with Crippen LogP contribution in [0.1, 0.15) is 36.5 Å². The van der Waals surface area contributed by atoms with Crippen LogP contribution in [0.25, 0.3) is 0 Å². The summed E-state index contributed by atoms with van der Waals surface area (Å²) in [6.07, 6.45) is 2.30. The van der Waals surface area contributed by atoms with Crippen molar-refractivity contribution in [2.75, 3.05) is 24.5 Å². The second kappa shape index (κ2) is 10.1. The molecule has 1 aliphatic heterocycles. The SMILES string of the molecule is CCNC(=NCc1ccccc1CO)NC1CCCN(c2ccc(C)cc2)C1. The Labute approximate surface area is 168 Å². The van der Waals surface area contributed by atoms with Crippen LogP contribution in [0, 0.1) is 6.92 Å². The Morgan fingerprint density at radius 3 is 2.61 bits per heavy atom. The van der Waals surface area contributed by atoms with Crippen LogP contribution in [0.15, 0.2) is 53.5 Å². The van der Waals surface area contributed by atoms with Crippen molar-refractivity contribution in [1.29, 1.82) is 0 Å². The first-order valence-electron chi connectivity index (χ1n) is 10.2. The maximum atomic E-state index is 9.52. The lowest BCUT2D eigenvalue weighted by molar-refractivity contribution is 0.280. The standard InChI is InChI=1S/C23H32N4O/c1-3-24-23(25-15-19-7-4-5-8-20(19)17-28)26-21-9-6-14-27(16-21)22-12-10-18(2)11-13-22/h4-5,7-8,10-13,21,28H,3,6,9,14-17H2,1-2H3,(H2,24,25,26). The maximum Gasteiger partial charge on any atom is 0.191 e. The fraction of sp³-hybridized carbons (Fsp3) is 0.435. The number of hydrogen-bond acceptors (Lipinski definition) is 3. The van der Waals surface area contributed by atoms with Gasteiger partial charge < -0.3 is 20.6 Å². The van der Waals surface area contributed by atoms with Gasteiger partial charge in [-0.1, -0.05) is 42.0 Å². The lowest BCUT2D eigenvalue weighted by atomic mass is 10.0. The van der Waals surface area contributed by atoms with E-state index >= 15 is 0 Å². The molecule has 0 bridgehead atoms. The number of nitrogens with one attached hydrogen (secondary N) is 2. The second-order valence-electron chi connectivity index (χ2n) is 7.39. The zero-order valence-corrected chi connectivity index (χ0v) is 17.0. The van der Waals surface area contributed by atoms with Crippen LogP contribution in [-0.2, 0) is 13.2 Å². The van der Waals surface area contributed by atoms with Gasteiger partial charge in [0.05, 0.1) is 13.2 Å². The van der Waals surface area contributed by atoms with Crippen LogP contribution in [0.2, 0.25) is 0 Å². The highest BCUT2D eigenvalue weighted by Gasteiger charge is 2.21. The first-order chi connectivity index (χ1) is 13.7. The van der Waals surface area contributed by atoms with Crippen molar-refractivity contribution in [3.63, 3.8) is 0 Å². The topological polar surface area (TPSA) is 59.9 Å². The van der Waals surface area contributed by atoms with Gasteiger partial charge in [0, 0.05) is 31.4 Å². The third kappa shape index (κ3) is 5.49. The molecule has 1 heterocycles. The van der Waals surface area contributed by atoms with E-state index < -0.39 is 0 Å². The van der Waals surface area contributed by atoms with Crippen molar-refractivity contribution in [2.45, 2.75) is 45.9 Å². The Hall–Kier alpha value is -2.53. The number of nitrogens with zero attached hydrogens (tertiary/aromatic N) is 2. The van der Waals surface area contributed by atoms with E-state index in [-0.39, 0.29) is 6.61 Å². The summed E-state index contributed by atoms with van der Waals surface area (Å²) in [5.74, 6) is 0.839. The molecule has 5 heteroatoms. The molecule has 1 aliphatic rings. The van der Waals surface area contributed by atoms with E-state index in [1.165, 1.54) is 11.3 Å². The molecule has 3 N–H and O–H groups in total. The van der Waals surface area contributed by atoms with Crippen LogP contribution in [0.3, 0.4) is 0 Å². The second-order valence-corrected chi connectivity index (χ2v) is 7.39. The predicted octanol–water partition coefficient (Wildman–Crippen LogP) is 3.21. The summed E-state index contributed by atoms with van der Waals surface area (Å²) in [6, 6.07) is 17.1. The largest absolute Gasteiger partial charge is 0.392 e. The number of aryl methyl sites for hydroxylation is 1. The number of piperidine rings is 1. The van der Waals surface area contributed by atoms with Gasteiger partial charge in [-0.25, -0.2) is 4.99 Å². The summed E-state index contributed by atoms with van der Waals surface area (Å²) in [6.45, 7) is 7.70. The number of aliphatic hydroxyl groups is 1. The first kappa shape index (κ1) is 20.2. The first-order valence-corrected chi connectivity index (χ1v) is 10.2. The summed E-state index contributed by atoms with van der Waals surface area (Å²) < 4.78 is 0. The Kier molecular flexibility index (Phi) is 7.31. The normalized spacial score (nSPS) is 17.5. The molecule has 0 aromatic heterocycles. The molecular formula is C23H32N4O. The summed E-state index contributed by atoms with van der Waals surface area (Å²) in [5, 5.41) is 16.5. The van der Waals surface area contributed by atoms with Gasteiger partial charge >= 0.3 is 0 Å². The fourth-order valence-electron chi connectivity index (χ4n) is 3.63. The van der Waals surface area contributed by atoms with Gasteiger partial charge in [0.25, 0.3) is 0 Å². The van der Waals surface area contributed by atoms with Crippen molar-refractivity contribution in [1.82, 2.24) is 10.6 Å². The molecule has 5 nitrogen and oxygen atoms in total. The van der Waals surface area contributed by atoms with Gasteiger partial charge in [0.1, 0.15) is 0 Å². The third-order valence-corrected chi connectivity index (χ3v) is 5.20. The molecule has 2 aromatic carbocycles. The molecule has 1 fully saturated rings. The van der Waals surface area contributed by atoms with E-state index in [0.29, 0.717) is 12.6 Å². The van der Waals surface area contributed by atoms with Crippen LogP contribution in [0.5, 0.6) is 0 Å². The molecule has 2 aromatic rings. The highest BCUT2D eigenvalue weighted by Crippen LogP contribution is 2.20. The van der Waals surface area contributed by atoms with Gasteiger partial charge in [-0.15, -0.1) is 0 Å². The van der Waals surface area contributed by atoms with E-state index in [9.17, 15) is 5.11 Å². The van der Waals surface area contributed by atoms with E-state index in [1.807, 2.05) is 24.3 Å². The van der Waals surface area contributed by atoms with E-state index in [2.05, 4.69) is 53.6 Å². The fourth-order valence-corrected chi connectivity index (χ4v) is 3.63. The Balaban J connectivity index is 1.65. The Morgan fingerprint density at radius 1 is 1.14 bits per heavy atom. The minimum atomic E-state index is 0.0454. The van der Waals surface area contributed by atoms with E-state index in [1.54, 1.807) is 0 Å². The zero-order chi connectivity index (χ0) is 19.8. The van der Waals surface area contributed by atoms with Crippen LogP contribution in [0.4, 0.5) is 5.69 Å². The number of hydrogen-bond donors (Lipinski definition) is 3. The van der Waals surface area contributed by atoms with Crippen molar-refractivity contribution in [2.24, 2.45) is 4.99 Å². The molecule has 3 rings (SSSR count). The van der Waals surface area contributed by atoms with Crippen LogP contribution >= 0.6 is 0 Å². The molecule has 1 saturated heterocycles. The number of rotatable bonds is 6. The molecule has 0 radical (unpaired) electrons. The summed E-state index contributed by atoms with van der Waals surface area (Å²) in [4.78, 5) is 7.21. The number of anilines is 1. The molecule has 28 heavy (non-hydrogen) atoms. The third-order valence-electron chi connectivity index (χ3n) is 5.20. The zero-order valence-electron chi connectivity index (χ0n) is 17.0. The Bertz CT molecular complexity index is 772. The summed E-state index contributed by atoms with van der Waals surface area (Å²) in [7, 11) is 0. The van der Waals surface area contributed by atoms with E-state index in [0.717, 1.165) is 49.6 Å². The van der Waals surface area contributed by atoms with Gasteiger partial charge in [0.15, 0.2) is 5.96 Å². The Morgan fingerprint density at radius 2 is 1.89 bits per heavy atom. The molecule has 1 atom stereocenters. The maximum absolute atomic E-state index is 9.52. The van der Waals surface area contributed by atoms with Crippen molar-refractivity contribution < 1.29 is 5.11 Å². The van der Waals surface area contributed by atoms with Gasteiger partial charge in [-0.3, -0.25) is 0 Å². The lowest BCUT2D eigenvalue weighted by Crippen LogP contribution is -2.51.